The van der Waals surface area contributed by atoms with E-state index in [4.69, 9.17) is 9.40 Å². The average molecular weight is 441 g/mol. The number of carbonyl (C=O) groups is 1. The highest BCUT2D eigenvalue weighted by molar-refractivity contribution is 6.06. The van der Waals surface area contributed by atoms with Crippen LogP contribution >= 0.6 is 0 Å². The van der Waals surface area contributed by atoms with Gasteiger partial charge in [0.2, 0.25) is 0 Å². The Bertz CT molecular complexity index is 1370. The van der Waals surface area contributed by atoms with Gasteiger partial charge in [0.25, 0.3) is 5.91 Å². The second kappa shape index (κ2) is 9.07. The van der Waals surface area contributed by atoms with Gasteiger partial charge in [0.1, 0.15) is 12.3 Å². The highest BCUT2D eigenvalue weighted by Crippen LogP contribution is 2.25. The maximum absolute atomic E-state index is 13.2. The smallest absolute Gasteiger partial charge is 0.252 e. The van der Waals surface area contributed by atoms with Crippen LogP contribution in [-0.4, -0.2) is 42.4 Å². The fourth-order valence-corrected chi connectivity index (χ4v) is 3.77. The molecule has 0 aliphatic carbocycles. The SMILES string of the molecule is Cc1[nH]ncc1CCCNC(=O)c1cc(-c2cccnc2)nc2c1cnn2Cc1ccco1. The number of pyridine rings is 2. The van der Waals surface area contributed by atoms with E-state index >= 15 is 0 Å². The van der Waals surface area contributed by atoms with Crippen LogP contribution in [0.5, 0.6) is 0 Å². The number of nitrogens with one attached hydrogen (secondary N) is 2. The summed E-state index contributed by atoms with van der Waals surface area (Å²) >= 11 is 0. The largest absolute Gasteiger partial charge is 0.467 e. The lowest BCUT2D eigenvalue weighted by molar-refractivity contribution is 0.0955. The first kappa shape index (κ1) is 20.6. The van der Waals surface area contributed by atoms with Gasteiger partial charge in [0.05, 0.1) is 35.3 Å². The summed E-state index contributed by atoms with van der Waals surface area (Å²) in [6.45, 7) is 2.97. The monoisotopic (exact) mass is 441 g/mol. The quantitative estimate of drug-likeness (QED) is 0.356. The first-order chi connectivity index (χ1) is 16.2. The Morgan fingerprint density at radius 3 is 2.91 bits per heavy atom. The molecule has 5 rings (SSSR count). The highest BCUT2D eigenvalue weighted by Gasteiger charge is 2.18. The maximum atomic E-state index is 13.2. The van der Waals surface area contributed by atoms with Gasteiger partial charge in [-0.3, -0.25) is 14.9 Å². The van der Waals surface area contributed by atoms with Gasteiger partial charge in [0, 0.05) is 30.2 Å². The third-order valence-electron chi connectivity index (χ3n) is 5.54. The van der Waals surface area contributed by atoms with Crippen molar-refractivity contribution in [2.24, 2.45) is 0 Å². The van der Waals surface area contributed by atoms with Crippen LogP contribution in [0, 0.1) is 6.92 Å². The Balaban J connectivity index is 1.43. The van der Waals surface area contributed by atoms with Crippen LogP contribution in [0.4, 0.5) is 0 Å². The van der Waals surface area contributed by atoms with E-state index in [9.17, 15) is 4.79 Å². The summed E-state index contributed by atoms with van der Waals surface area (Å²) in [5, 5.41) is 15.2. The van der Waals surface area contributed by atoms with E-state index in [1.54, 1.807) is 35.6 Å². The van der Waals surface area contributed by atoms with Gasteiger partial charge in [-0.2, -0.15) is 10.2 Å². The summed E-state index contributed by atoms with van der Waals surface area (Å²) in [6.07, 6.45) is 10.2. The molecule has 9 heteroatoms. The van der Waals surface area contributed by atoms with Crippen LogP contribution in [0.3, 0.4) is 0 Å². The molecular weight excluding hydrogens is 418 g/mol. The number of hydrogen-bond donors (Lipinski definition) is 2. The molecule has 2 N–H and O–H groups in total. The Morgan fingerprint density at radius 1 is 1.21 bits per heavy atom. The fourth-order valence-electron chi connectivity index (χ4n) is 3.77. The summed E-state index contributed by atoms with van der Waals surface area (Å²) in [5.74, 6) is 0.600. The minimum Gasteiger partial charge on any atom is -0.467 e. The van der Waals surface area contributed by atoms with E-state index < -0.39 is 0 Å². The van der Waals surface area contributed by atoms with Crippen molar-refractivity contribution in [2.45, 2.75) is 26.3 Å². The van der Waals surface area contributed by atoms with Gasteiger partial charge < -0.3 is 9.73 Å². The number of H-pyrrole nitrogens is 1. The number of hydrogen-bond acceptors (Lipinski definition) is 6. The first-order valence-electron chi connectivity index (χ1n) is 10.8. The Labute approximate surface area is 189 Å². The molecule has 0 spiro atoms. The number of nitrogens with zero attached hydrogens (tertiary/aromatic N) is 5. The van der Waals surface area contributed by atoms with Crippen molar-refractivity contribution in [3.05, 3.63) is 84.0 Å². The lowest BCUT2D eigenvalue weighted by Gasteiger charge is -2.09. The molecule has 0 saturated carbocycles. The van der Waals surface area contributed by atoms with Gasteiger partial charge in [0.15, 0.2) is 5.65 Å². The van der Waals surface area contributed by atoms with Crippen molar-refractivity contribution in [2.75, 3.05) is 6.54 Å². The van der Waals surface area contributed by atoms with Gasteiger partial charge in [-0.05, 0) is 55.7 Å². The number of fused-ring (bicyclic) bond motifs is 1. The van der Waals surface area contributed by atoms with E-state index in [1.165, 1.54) is 0 Å². The molecule has 5 aromatic heterocycles. The fraction of sp³-hybridized carbons (Fsp3) is 0.208. The van der Waals surface area contributed by atoms with Crippen molar-refractivity contribution < 1.29 is 9.21 Å². The molecule has 0 aliphatic heterocycles. The van der Waals surface area contributed by atoms with Gasteiger partial charge in [-0.1, -0.05) is 0 Å². The van der Waals surface area contributed by atoms with Crippen molar-refractivity contribution >= 4 is 16.9 Å². The lowest BCUT2D eigenvalue weighted by atomic mass is 10.1. The molecule has 9 nitrogen and oxygen atoms in total. The molecule has 0 fully saturated rings. The third kappa shape index (κ3) is 4.38. The number of aryl methyl sites for hydroxylation is 2. The predicted octanol–water partition coefficient (Wildman–Crippen LogP) is 3.53. The van der Waals surface area contributed by atoms with Crippen LogP contribution < -0.4 is 5.32 Å². The molecule has 0 unspecified atom stereocenters. The number of furan rings is 1. The molecule has 5 aromatic rings. The molecule has 0 saturated heterocycles. The molecule has 1 amide bonds. The second-order valence-electron chi connectivity index (χ2n) is 7.80. The van der Waals surface area contributed by atoms with Gasteiger partial charge in [-0.25, -0.2) is 9.67 Å². The van der Waals surface area contributed by atoms with E-state index in [0.29, 0.717) is 35.4 Å². The molecular formula is C24H23N7O2. The number of rotatable bonds is 8. The van der Waals surface area contributed by atoms with Crippen molar-refractivity contribution in [1.29, 1.82) is 0 Å². The summed E-state index contributed by atoms with van der Waals surface area (Å²) in [7, 11) is 0. The van der Waals surface area contributed by atoms with Crippen molar-refractivity contribution in [1.82, 2.24) is 35.3 Å². The summed E-state index contributed by atoms with van der Waals surface area (Å²) < 4.78 is 7.21. The minimum absolute atomic E-state index is 0.158. The zero-order valence-electron chi connectivity index (χ0n) is 18.2. The number of aromatic nitrogens is 6. The predicted molar refractivity (Wildman–Crippen MR) is 123 cm³/mol. The summed E-state index contributed by atoms with van der Waals surface area (Å²) in [6, 6.07) is 9.28. The van der Waals surface area contributed by atoms with E-state index in [1.807, 2.05) is 37.4 Å². The Hall–Kier alpha value is -4.27. The molecule has 33 heavy (non-hydrogen) atoms. The van der Waals surface area contributed by atoms with Gasteiger partial charge in [-0.15, -0.1) is 0 Å². The normalized spacial score (nSPS) is 11.2. The van der Waals surface area contributed by atoms with Crippen molar-refractivity contribution in [3.8, 4) is 11.3 Å². The second-order valence-corrected chi connectivity index (χ2v) is 7.80. The van der Waals surface area contributed by atoms with Crippen LogP contribution in [-0.2, 0) is 13.0 Å². The van der Waals surface area contributed by atoms with Crippen LogP contribution in [0.25, 0.3) is 22.3 Å². The van der Waals surface area contributed by atoms with Crippen LogP contribution in [0.15, 0.2) is 65.8 Å². The van der Waals surface area contributed by atoms with Crippen LogP contribution in [0.2, 0.25) is 0 Å². The topological polar surface area (TPSA) is 115 Å². The number of carbonyl (C=O) groups excluding carboxylic acids is 1. The van der Waals surface area contributed by atoms with Gasteiger partial charge >= 0.3 is 0 Å². The lowest BCUT2D eigenvalue weighted by Crippen LogP contribution is -2.25. The molecule has 0 aromatic carbocycles. The molecule has 5 heterocycles. The zero-order chi connectivity index (χ0) is 22.6. The molecule has 0 aliphatic rings. The average Bonchev–Trinajstić information content (AvgIpc) is 3.59. The Kier molecular flexibility index (Phi) is 5.67. The van der Waals surface area contributed by atoms with Crippen molar-refractivity contribution in [3.63, 3.8) is 0 Å². The highest BCUT2D eigenvalue weighted by atomic mass is 16.3. The number of amides is 1. The third-order valence-corrected chi connectivity index (χ3v) is 5.54. The first-order valence-corrected chi connectivity index (χ1v) is 10.8. The van der Waals surface area contributed by atoms with E-state index in [-0.39, 0.29) is 5.91 Å². The zero-order valence-corrected chi connectivity index (χ0v) is 18.2. The maximum Gasteiger partial charge on any atom is 0.252 e. The molecule has 0 bridgehead atoms. The minimum atomic E-state index is -0.158. The Morgan fingerprint density at radius 2 is 2.15 bits per heavy atom. The standard InChI is InChI=1S/C24H23N7O2/c1-16-17(13-27-30-16)5-3-9-26-24(32)20-11-22(18-6-2-8-25-12-18)29-23-21(20)14-28-31(23)15-19-7-4-10-33-19/h2,4,6-8,10-14H,3,5,9,15H2,1H3,(H,26,32)(H,27,30). The number of aromatic amines is 1. The summed E-state index contributed by atoms with van der Waals surface area (Å²) in [4.78, 5) is 22.2. The van der Waals surface area contributed by atoms with Crippen LogP contribution in [0.1, 0.15) is 33.8 Å². The summed E-state index contributed by atoms with van der Waals surface area (Å²) in [5.41, 5.74) is 4.86. The van der Waals surface area contributed by atoms with E-state index in [2.05, 4.69) is 25.6 Å². The molecule has 166 valence electrons. The molecule has 0 atom stereocenters. The van der Waals surface area contributed by atoms with E-state index in [0.717, 1.165) is 35.4 Å². The molecule has 0 radical (unpaired) electrons.